The third-order valence-electron chi connectivity index (χ3n) is 25.7. The number of aromatic nitrogens is 19. The molecule has 35 nitrogen and oxygen atoms in total. The Morgan fingerprint density at radius 3 is 1.01 bits per heavy atom. The van der Waals surface area contributed by atoms with Crippen LogP contribution in [0.1, 0.15) is 165 Å². The lowest BCUT2D eigenvalue weighted by atomic mass is 9.96. The van der Waals surface area contributed by atoms with Crippen LogP contribution in [0.4, 0.5) is 39.9 Å². The van der Waals surface area contributed by atoms with Crippen LogP contribution in [-0.2, 0) is 72.4 Å². The Balaban J connectivity index is 0.000000128. The second-order valence-electron chi connectivity index (χ2n) is 37.5. The van der Waals surface area contributed by atoms with Gasteiger partial charge in [-0.3, -0.25) is 67.0 Å². The number of hydrogen-bond acceptors (Lipinski definition) is 23. The van der Waals surface area contributed by atoms with E-state index in [1.807, 2.05) is 51.1 Å². The van der Waals surface area contributed by atoms with E-state index in [1.54, 1.807) is 218 Å². The van der Waals surface area contributed by atoms with Crippen molar-refractivity contribution in [3.8, 4) is 61.5 Å². The monoisotopic (exact) mass is 2040 g/mol. The van der Waals surface area contributed by atoms with E-state index in [1.165, 1.54) is 25.3 Å². The number of imide groups is 1. The smallest absolute Gasteiger partial charge is 0.393 e. The van der Waals surface area contributed by atoms with E-state index in [9.17, 15) is 46.7 Å². The second-order valence-corrected chi connectivity index (χ2v) is 37.5. The third-order valence-corrected chi connectivity index (χ3v) is 25.7. The largest absolute Gasteiger partial charge is 0.481 e. The average molecular weight is 2040 g/mol. The minimum Gasteiger partial charge on any atom is -0.481 e. The van der Waals surface area contributed by atoms with E-state index in [4.69, 9.17) is 33.4 Å². The number of primary amides is 5. The number of benzene rings is 5. The summed E-state index contributed by atoms with van der Waals surface area (Å²) in [5.41, 5.74) is 39.6. The van der Waals surface area contributed by atoms with Gasteiger partial charge in [-0.05, 0) is 177 Å². The van der Waals surface area contributed by atoms with Crippen LogP contribution in [0, 0.1) is 55.8 Å². The standard InChI is InChI=1S/C22H19FN6O.C22H20FN5O2.C22H20FN5O.C21H21F4N5O.C20H19FN6O3/c1-29-11-15(10-27-29)17-7-18(21(24)30)28-20-16(17)5-4-14(19(20)23)6-12-8-25-22(26-9-12)13-2-3-13;1-12-6-13(8-19(26-12)30-3)7-14-4-5-16-17(15-10-25-28(2)11-15)9-18(22(24)29)27-21(16)20(14)23;1-12-6-14(7-13(2)26-12)8-15-4-5-17-18(16-10-25-28(3)11-16)9-19(22(24)29)27-21(17)20(15)23;1-29-9-13(8-27-29)16-7-17(20(26)31)28-19-15(16)5-4-12(18(19)22)10-30-6-2-3-14(11-30)21(23,24)25;1-20(2)18(29)27(19(30)25-20)9-10-4-5-12-13(11-7-23-26(3)8-11)6-14(17(22)28)24-16(12)15(10)21/h4-5,7-11,13H,2-3,6H2,1H3,(H2,24,30);4-6,8-11H,7H2,1-3H3,(H2,24,29);4-7,9-11H,8H2,1-3H3,(H2,24,29);4-5,7-9,14H,2-3,6,10-11H2,1H3,(H2,26,31);4-8H,9H2,1-3H3,(H2,22,28)(H,25,30). The van der Waals surface area contributed by atoms with Gasteiger partial charge in [0.2, 0.25) is 5.88 Å². The molecule has 8 amide bonds. The number of aryl methyl sites for hydroxylation is 8. The van der Waals surface area contributed by atoms with Gasteiger partial charge < -0.3 is 38.7 Å². The second kappa shape index (κ2) is 42.3. The number of nitrogens with two attached hydrogens (primary N) is 5. The Hall–Kier alpha value is -17.9. The molecule has 1 atom stereocenters. The fraction of sp³-hybridized carbons (Fsp3) is 0.243. The van der Waals surface area contributed by atoms with Gasteiger partial charge in [0, 0.05) is 206 Å². The minimum atomic E-state index is -4.27. The molecule has 13 aromatic heterocycles. The molecule has 766 valence electrons. The van der Waals surface area contributed by atoms with E-state index >= 15 is 22.0 Å². The van der Waals surface area contributed by atoms with Crippen molar-refractivity contribution in [2.45, 2.75) is 110 Å². The van der Waals surface area contributed by atoms with E-state index in [0.717, 1.165) is 74.0 Å². The van der Waals surface area contributed by atoms with Gasteiger partial charge in [0.15, 0.2) is 29.1 Å². The summed E-state index contributed by atoms with van der Waals surface area (Å²) in [7, 11) is 10.4. The van der Waals surface area contributed by atoms with Gasteiger partial charge in [-0.15, -0.1) is 0 Å². The Morgan fingerprint density at radius 1 is 0.407 bits per heavy atom. The molecule has 3 aliphatic rings. The fourth-order valence-electron chi connectivity index (χ4n) is 18.2. The van der Waals surface area contributed by atoms with Crippen LogP contribution in [0.15, 0.2) is 190 Å². The summed E-state index contributed by atoms with van der Waals surface area (Å²) >= 11 is 0. The molecule has 43 heteroatoms. The molecule has 0 radical (unpaired) electrons. The number of pyridine rings is 7. The molecule has 11 N–H and O–H groups in total. The lowest BCUT2D eigenvalue weighted by Gasteiger charge is -2.33. The third kappa shape index (κ3) is 22.5. The zero-order valence-electron chi connectivity index (χ0n) is 82.9. The number of likely N-dealkylation sites (tertiary alicyclic amines) is 1. The van der Waals surface area contributed by atoms with E-state index < -0.39 is 88.2 Å². The molecular formula is C107H99F8N27O8. The number of fused-ring (bicyclic) bond motifs is 5. The van der Waals surface area contributed by atoms with Gasteiger partial charge in [-0.25, -0.2) is 66.6 Å². The molecule has 18 aromatic rings. The molecule has 3 fully saturated rings. The molecule has 21 rings (SSSR count). The molecule has 1 saturated carbocycles. The molecule has 2 aliphatic heterocycles. The molecule has 0 bridgehead atoms. The zero-order valence-corrected chi connectivity index (χ0v) is 82.9. The Kier molecular flexibility index (Phi) is 29.2. The van der Waals surface area contributed by atoms with Crippen molar-refractivity contribution in [3.63, 3.8) is 0 Å². The Bertz CT molecular complexity index is 8420. The minimum absolute atomic E-state index is 0.00109. The van der Waals surface area contributed by atoms with E-state index in [-0.39, 0.29) is 93.2 Å². The van der Waals surface area contributed by atoms with Gasteiger partial charge in [0.05, 0.1) is 50.6 Å². The zero-order chi connectivity index (χ0) is 107. The number of nitrogens with one attached hydrogen (secondary N) is 1. The van der Waals surface area contributed by atoms with Crippen molar-refractivity contribution in [2.75, 3.05) is 20.2 Å². The first-order chi connectivity index (χ1) is 71.4. The van der Waals surface area contributed by atoms with Gasteiger partial charge in [-0.1, -0.05) is 60.7 Å². The van der Waals surface area contributed by atoms with E-state index in [0.29, 0.717) is 127 Å². The lowest BCUT2D eigenvalue weighted by molar-refractivity contribution is -0.187. The molecular weight excluding hydrogens is 1940 g/mol. The Morgan fingerprint density at radius 2 is 0.713 bits per heavy atom. The summed E-state index contributed by atoms with van der Waals surface area (Å²) in [5, 5.41) is 26.0. The van der Waals surface area contributed by atoms with Crippen molar-refractivity contribution in [1.29, 1.82) is 0 Å². The molecule has 150 heavy (non-hydrogen) atoms. The number of carbonyl (C=O) groups is 7. The van der Waals surface area contributed by atoms with Crippen LogP contribution in [-0.4, -0.2) is 177 Å². The number of methoxy groups -OCH3 is 1. The molecule has 15 heterocycles. The quantitative estimate of drug-likeness (QED) is 0.0271. The maximum absolute atomic E-state index is 15.5. The summed E-state index contributed by atoms with van der Waals surface area (Å²) in [4.78, 5) is 124. The van der Waals surface area contributed by atoms with Crippen LogP contribution in [0.25, 0.3) is 110 Å². The van der Waals surface area contributed by atoms with Gasteiger partial charge in [-0.2, -0.15) is 38.7 Å². The first-order valence-corrected chi connectivity index (χ1v) is 47.1. The van der Waals surface area contributed by atoms with Crippen molar-refractivity contribution < 1.29 is 73.4 Å². The number of ether oxygens (including phenoxy) is 1. The average Bonchev–Trinajstić information content (AvgIpc) is 1.35. The van der Waals surface area contributed by atoms with Crippen molar-refractivity contribution in [3.05, 3.63) is 315 Å². The summed E-state index contributed by atoms with van der Waals surface area (Å²) in [6.45, 7) is 8.87. The highest BCUT2D eigenvalue weighted by Crippen LogP contribution is 2.42. The maximum Gasteiger partial charge on any atom is 0.393 e. The molecule has 1 aliphatic carbocycles. The maximum atomic E-state index is 15.5. The topological polar surface area (TPSA) is 482 Å². The number of carbonyl (C=O) groups excluding carboxylic acids is 7. The molecule has 1 unspecified atom stereocenters. The molecule has 2 saturated heterocycles. The highest BCUT2D eigenvalue weighted by atomic mass is 19.4. The van der Waals surface area contributed by atoms with Crippen LogP contribution >= 0.6 is 0 Å². The van der Waals surface area contributed by atoms with E-state index in [2.05, 4.69) is 75.7 Å². The van der Waals surface area contributed by atoms with Gasteiger partial charge >= 0.3 is 12.2 Å². The molecule has 5 aromatic carbocycles. The fourth-order valence-corrected chi connectivity index (χ4v) is 18.2. The summed E-state index contributed by atoms with van der Waals surface area (Å²) in [6.07, 6.45) is 20.0. The number of halogens is 8. The normalized spacial score (nSPS) is 13.9. The first kappa shape index (κ1) is 103. The predicted molar refractivity (Wildman–Crippen MR) is 541 cm³/mol. The van der Waals surface area contributed by atoms with Crippen LogP contribution in [0.5, 0.6) is 5.88 Å². The number of piperidine rings is 1. The van der Waals surface area contributed by atoms with Crippen LogP contribution in [0.2, 0.25) is 0 Å². The van der Waals surface area contributed by atoms with Crippen LogP contribution in [0.3, 0.4) is 0 Å². The SMILES string of the molecule is COc1cc(Cc2ccc3c(-c4cnn(C)c4)cc(C(N)=O)nc3c2F)cc(C)n1.Cc1cc(Cc2ccc3c(-c4cnn(C)c4)cc(C(N)=O)nc3c2F)cc(C)n1.Cn1cc(-c2cc(C(N)=O)nc3c(F)c(CN4C(=O)NC(C)(C)C4=O)ccc23)cn1.Cn1cc(-c2cc(C(N)=O)nc3c(F)c(CN4CCCC(C(F)(F)F)C4)ccc23)cn1.Cn1cc(-c2cc(C(N)=O)nc3c(F)c(Cc4cnc(C5CC5)nc4)ccc23)cn1. The van der Waals surface area contributed by atoms with Crippen LogP contribution < -0.4 is 38.7 Å². The lowest BCUT2D eigenvalue weighted by Crippen LogP contribution is -2.41. The summed E-state index contributed by atoms with van der Waals surface area (Å²) in [6, 6.07) is 31.6. The van der Waals surface area contributed by atoms with Crippen molar-refractivity contribution in [1.82, 2.24) is 109 Å². The predicted octanol–water partition coefficient (Wildman–Crippen LogP) is 15.1. The number of alkyl halides is 3. The molecule has 0 spiro atoms. The number of rotatable bonds is 22. The number of urea groups is 1. The number of hydrogen-bond donors (Lipinski definition) is 6. The Labute approximate surface area is 850 Å². The summed E-state index contributed by atoms with van der Waals surface area (Å²) in [5.74, 6) is -6.65. The summed E-state index contributed by atoms with van der Waals surface area (Å²) < 4.78 is 130. The van der Waals surface area contributed by atoms with Crippen molar-refractivity contribution in [2.24, 2.45) is 69.8 Å². The number of amides is 8. The first-order valence-electron chi connectivity index (χ1n) is 47.1. The number of nitrogens with zero attached hydrogens (tertiary/aromatic N) is 21. The van der Waals surface area contributed by atoms with Gasteiger partial charge in [0.1, 0.15) is 67.4 Å². The highest BCUT2D eigenvalue weighted by Gasteiger charge is 2.45. The highest BCUT2D eigenvalue weighted by molar-refractivity contribution is 6.08. The van der Waals surface area contributed by atoms with Crippen molar-refractivity contribution >= 4 is 96.0 Å². The van der Waals surface area contributed by atoms with Gasteiger partial charge in [0.25, 0.3) is 35.4 Å².